The zero-order valence-electron chi connectivity index (χ0n) is 7.98. The number of benzene rings is 1. The number of alkyl halides is 3. The van der Waals surface area contributed by atoms with E-state index < -0.39 is 24.5 Å². The Morgan fingerprint density at radius 2 is 2.00 bits per heavy atom. The summed E-state index contributed by atoms with van der Waals surface area (Å²) in [5.41, 5.74) is 1.96. The quantitative estimate of drug-likeness (QED) is 0.496. The highest BCUT2D eigenvalue weighted by atomic mass is 35.5. The minimum absolute atomic E-state index is 0.0125. The average molecular weight is 257 g/mol. The van der Waals surface area contributed by atoms with Crippen LogP contribution < -0.4 is 11.3 Å². The molecule has 3 N–H and O–H groups in total. The van der Waals surface area contributed by atoms with E-state index in [0.29, 0.717) is 0 Å². The summed E-state index contributed by atoms with van der Waals surface area (Å²) in [6.45, 7) is 0. The van der Waals surface area contributed by atoms with E-state index in [1.807, 2.05) is 5.43 Å². The Balaban J connectivity index is 2.99. The Morgan fingerprint density at radius 1 is 1.38 bits per heavy atom. The van der Waals surface area contributed by atoms with Crippen LogP contribution >= 0.6 is 11.6 Å². The van der Waals surface area contributed by atoms with Crippen LogP contribution in [0.1, 0.15) is 18.0 Å². The summed E-state index contributed by atoms with van der Waals surface area (Å²) in [6, 6.07) is 1.92. The van der Waals surface area contributed by atoms with Gasteiger partial charge in [-0.3, -0.25) is 11.3 Å². The van der Waals surface area contributed by atoms with E-state index in [0.717, 1.165) is 12.1 Å². The van der Waals surface area contributed by atoms with E-state index in [4.69, 9.17) is 17.4 Å². The third kappa shape index (κ3) is 3.62. The van der Waals surface area contributed by atoms with Crippen molar-refractivity contribution in [3.05, 3.63) is 34.6 Å². The van der Waals surface area contributed by atoms with Crippen molar-refractivity contribution in [3.8, 4) is 0 Å². The zero-order valence-corrected chi connectivity index (χ0v) is 8.74. The lowest BCUT2D eigenvalue weighted by atomic mass is 10.0. The molecule has 1 aromatic carbocycles. The molecule has 0 saturated heterocycles. The molecule has 1 atom stereocenters. The van der Waals surface area contributed by atoms with Gasteiger partial charge in [-0.25, -0.2) is 4.39 Å². The molecule has 0 aliphatic carbocycles. The molecule has 0 radical (unpaired) electrons. The van der Waals surface area contributed by atoms with Crippen molar-refractivity contribution in [1.29, 1.82) is 0 Å². The highest BCUT2D eigenvalue weighted by Crippen LogP contribution is 2.32. The van der Waals surface area contributed by atoms with Crippen LogP contribution in [0.2, 0.25) is 5.02 Å². The second-order valence-corrected chi connectivity index (χ2v) is 3.61. The first-order chi connectivity index (χ1) is 7.33. The van der Waals surface area contributed by atoms with Crippen molar-refractivity contribution in [2.24, 2.45) is 5.84 Å². The van der Waals surface area contributed by atoms with E-state index >= 15 is 0 Å². The smallest absolute Gasteiger partial charge is 0.271 e. The summed E-state index contributed by atoms with van der Waals surface area (Å²) >= 11 is 5.67. The fraction of sp³-hybridized carbons (Fsp3) is 0.333. The molecular weight excluding hydrogens is 248 g/mol. The van der Waals surface area contributed by atoms with Gasteiger partial charge in [-0.05, 0) is 23.8 Å². The predicted molar refractivity (Wildman–Crippen MR) is 52.1 cm³/mol. The van der Waals surface area contributed by atoms with Crippen molar-refractivity contribution >= 4 is 11.6 Å². The molecule has 0 aliphatic rings. The number of nitrogens with two attached hydrogens (primary N) is 1. The monoisotopic (exact) mass is 256 g/mol. The van der Waals surface area contributed by atoms with Crippen molar-refractivity contribution in [1.82, 2.24) is 5.43 Å². The number of nitrogens with one attached hydrogen (secondary N) is 1. The third-order valence-electron chi connectivity index (χ3n) is 1.97. The van der Waals surface area contributed by atoms with Crippen molar-refractivity contribution in [2.75, 3.05) is 0 Å². The van der Waals surface area contributed by atoms with E-state index in [1.165, 1.54) is 6.07 Å². The van der Waals surface area contributed by atoms with E-state index in [9.17, 15) is 17.6 Å². The maximum Gasteiger partial charge on any atom is 0.390 e. The number of rotatable bonds is 3. The van der Waals surface area contributed by atoms with Crippen LogP contribution in [-0.2, 0) is 0 Å². The van der Waals surface area contributed by atoms with Crippen molar-refractivity contribution in [3.63, 3.8) is 0 Å². The summed E-state index contributed by atoms with van der Waals surface area (Å²) in [5, 5.41) is 0.0357. The van der Waals surface area contributed by atoms with Crippen LogP contribution in [0.3, 0.4) is 0 Å². The first kappa shape index (κ1) is 13.2. The van der Waals surface area contributed by atoms with Gasteiger partial charge in [-0.1, -0.05) is 11.6 Å². The molecule has 7 heteroatoms. The zero-order chi connectivity index (χ0) is 12.3. The lowest BCUT2D eigenvalue weighted by Crippen LogP contribution is -2.32. The first-order valence-corrected chi connectivity index (χ1v) is 4.69. The maximum atomic E-state index is 12.9. The predicted octanol–water partition coefficient (Wildman–Crippen LogP) is 2.94. The Kier molecular flexibility index (Phi) is 4.12. The topological polar surface area (TPSA) is 38.0 Å². The van der Waals surface area contributed by atoms with Crippen molar-refractivity contribution < 1.29 is 17.6 Å². The summed E-state index contributed by atoms with van der Waals surface area (Å²) in [5.74, 6) is 4.33. The lowest BCUT2D eigenvalue weighted by Gasteiger charge is -2.19. The Morgan fingerprint density at radius 3 is 2.50 bits per heavy atom. The Labute approximate surface area is 94.4 Å². The molecule has 0 aliphatic heterocycles. The molecule has 0 heterocycles. The Bertz CT molecular complexity index is 367. The van der Waals surface area contributed by atoms with E-state index in [2.05, 4.69) is 0 Å². The van der Waals surface area contributed by atoms with Crippen LogP contribution in [0.5, 0.6) is 0 Å². The third-order valence-corrected chi connectivity index (χ3v) is 2.31. The minimum atomic E-state index is -4.41. The largest absolute Gasteiger partial charge is 0.390 e. The highest BCUT2D eigenvalue weighted by Gasteiger charge is 2.33. The number of hydrogen-bond acceptors (Lipinski definition) is 2. The summed E-state index contributed by atoms with van der Waals surface area (Å²) in [4.78, 5) is 0. The van der Waals surface area contributed by atoms with Gasteiger partial charge in [0.15, 0.2) is 0 Å². The lowest BCUT2D eigenvalue weighted by molar-refractivity contribution is -0.140. The van der Waals surface area contributed by atoms with Gasteiger partial charge in [0.2, 0.25) is 0 Å². The molecule has 90 valence electrons. The van der Waals surface area contributed by atoms with Gasteiger partial charge in [0, 0.05) is 5.02 Å². The normalized spacial score (nSPS) is 13.9. The highest BCUT2D eigenvalue weighted by molar-refractivity contribution is 6.31. The fourth-order valence-corrected chi connectivity index (χ4v) is 1.52. The van der Waals surface area contributed by atoms with Gasteiger partial charge in [-0.15, -0.1) is 0 Å². The van der Waals surface area contributed by atoms with Gasteiger partial charge in [0.1, 0.15) is 5.82 Å². The molecule has 0 aromatic heterocycles. The molecule has 1 unspecified atom stereocenters. The van der Waals surface area contributed by atoms with E-state index in [-0.39, 0.29) is 10.6 Å². The molecule has 0 fully saturated rings. The van der Waals surface area contributed by atoms with Crippen LogP contribution in [0.4, 0.5) is 17.6 Å². The van der Waals surface area contributed by atoms with Crippen LogP contribution in [0.25, 0.3) is 0 Å². The maximum absolute atomic E-state index is 12.9. The molecule has 0 saturated carbocycles. The molecule has 1 rings (SSSR count). The fourth-order valence-electron chi connectivity index (χ4n) is 1.27. The van der Waals surface area contributed by atoms with Crippen molar-refractivity contribution in [2.45, 2.75) is 18.6 Å². The van der Waals surface area contributed by atoms with Gasteiger partial charge in [0.05, 0.1) is 12.5 Å². The summed E-state index contributed by atoms with van der Waals surface area (Å²) in [7, 11) is 0. The molecule has 0 spiro atoms. The number of hydrogen-bond donors (Lipinski definition) is 2. The second-order valence-electron chi connectivity index (χ2n) is 3.20. The van der Waals surface area contributed by atoms with Gasteiger partial charge < -0.3 is 0 Å². The minimum Gasteiger partial charge on any atom is -0.271 e. The number of halogens is 5. The van der Waals surface area contributed by atoms with Gasteiger partial charge >= 0.3 is 6.18 Å². The van der Waals surface area contributed by atoms with Gasteiger partial charge in [-0.2, -0.15) is 13.2 Å². The van der Waals surface area contributed by atoms with Crippen LogP contribution in [0.15, 0.2) is 18.2 Å². The number of hydrazine groups is 1. The summed E-state index contributed by atoms with van der Waals surface area (Å²) < 4.78 is 49.4. The standard InChI is InChI=1S/C9H9ClF4N2/c10-7-2-1-5(11)3-6(7)8(16-15)4-9(12,13)14/h1-3,8,16H,4,15H2. The van der Waals surface area contributed by atoms with Crippen LogP contribution in [0, 0.1) is 5.82 Å². The Hall–Kier alpha value is -0.850. The molecule has 0 bridgehead atoms. The summed E-state index contributed by atoms with van der Waals surface area (Å²) in [6.07, 6.45) is -5.63. The molecular formula is C9H9ClF4N2. The SMILES string of the molecule is NNC(CC(F)(F)F)c1cc(F)ccc1Cl. The first-order valence-electron chi connectivity index (χ1n) is 4.31. The molecule has 0 amide bonds. The van der Waals surface area contributed by atoms with E-state index in [1.54, 1.807) is 0 Å². The van der Waals surface area contributed by atoms with Gasteiger partial charge in [0.25, 0.3) is 0 Å². The molecule has 2 nitrogen and oxygen atoms in total. The second kappa shape index (κ2) is 4.99. The van der Waals surface area contributed by atoms with Crippen LogP contribution in [-0.4, -0.2) is 6.18 Å². The average Bonchev–Trinajstić information content (AvgIpc) is 2.17. The molecule has 1 aromatic rings. The molecule has 16 heavy (non-hydrogen) atoms.